The van der Waals surface area contributed by atoms with E-state index in [1.54, 1.807) is 6.92 Å². The van der Waals surface area contributed by atoms with Crippen LogP contribution in [-0.4, -0.2) is 10.1 Å². The van der Waals surface area contributed by atoms with Crippen molar-refractivity contribution in [3.63, 3.8) is 0 Å². The van der Waals surface area contributed by atoms with Crippen molar-refractivity contribution in [2.75, 3.05) is 0 Å². The van der Waals surface area contributed by atoms with Crippen LogP contribution in [0, 0.1) is 24.1 Å². The van der Waals surface area contributed by atoms with Gasteiger partial charge in [0.1, 0.15) is 5.82 Å². The number of nitrogens with zero attached hydrogens (tertiary/aromatic N) is 3. The Bertz CT molecular complexity index is 588. The van der Waals surface area contributed by atoms with E-state index in [9.17, 15) is 4.39 Å². The average Bonchev–Trinajstić information content (AvgIpc) is 2.77. The molecule has 0 amide bonds. The zero-order valence-corrected chi connectivity index (χ0v) is 9.77. The maximum Gasteiger partial charge on any atom is 0.223 e. The van der Waals surface area contributed by atoms with Crippen LogP contribution in [-0.2, 0) is 13.1 Å². The molecule has 1 aromatic heterocycles. The highest BCUT2D eigenvalue weighted by Crippen LogP contribution is 2.10. The molecule has 0 radical (unpaired) electrons. The Morgan fingerprint density at radius 3 is 2.94 bits per heavy atom. The molecule has 6 heteroatoms. The molecule has 0 atom stereocenters. The summed E-state index contributed by atoms with van der Waals surface area (Å²) in [4.78, 5) is 4.01. The number of aryl methyl sites for hydroxylation is 1. The lowest BCUT2D eigenvalue weighted by atomic mass is 10.1. The van der Waals surface area contributed by atoms with Crippen molar-refractivity contribution in [3.05, 3.63) is 46.9 Å². The number of halogens is 1. The highest BCUT2D eigenvalue weighted by atomic mass is 19.1. The largest absolute Gasteiger partial charge is 0.340 e. The third kappa shape index (κ3) is 2.90. The molecule has 0 aliphatic heterocycles. The summed E-state index contributed by atoms with van der Waals surface area (Å²) < 4.78 is 18.2. The van der Waals surface area contributed by atoms with Gasteiger partial charge in [0.25, 0.3) is 0 Å². The topological polar surface area (TPSA) is 74.7 Å². The summed E-state index contributed by atoms with van der Waals surface area (Å²) in [6.07, 6.45) is 0. The Hall–Kier alpha value is -2.26. The fraction of sp³-hybridized carbons (Fsp3) is 0.250. The second-order valence-corrected chi connectivity index (χ2v) is 3.75. The summed E-state index contributed by atoms with van der Waals surface area (Å²) in [5.74, 6) is 0.666. The minimum absolute atomic E-state index is 0.301. The van der Waals surface area contributed by atoms with Crippen LogP contribution in [0.4, 0.5) is 4.39 Å². The lowest BCUT2D eigenvalue weighted by molar-refractivity contribution is 0.385. The third-order valence-electron chi connectivity index (χ3n) is 2.34. The molecule has 18 heavy (non-hydrogen) atoms. The zero-order chi connectivity index (χ0) is 13.0. The maximum absolute atomic E-state index is 13.4. The van der Waals surface area contributed by atoms with Crippen LogP contribution in [0.25, 0.3) is 0 Å². The summed E-state index contributed by atoms with van der Waals surface area (Å²) in [6, 6.07) is 6.22. The Kier molecular flexibility index (Phi) is 3.65. The molecule has 0 saturated carbocycles. The van der Waals surface area contributed by atoms with E-state index in [1.807, 2.05) is 6.07 Å². The predicted molar refractivity (Wildman–Crippen MR) is 60.7 cm³/mol. The van der Waals surface area contributed by atoms with Gasteiger partial charge in [0, 0.05) is 19.0 Å². The van der Waals surface area contributed by atoms with E-state index in [0.717, 1.165) is 0 Å². The highest BCUT2D eigenvalue weighted by Gasteiger charge is 2.05. The first-order valence-corrected chi connectivity index (χ1v) is 5.37. The van der Waals surface area contributed by atoms with Crippen molar-refractivity contribution in [3.8, 4) is 6.07 Å². The SMILES string of the molecule is Cc1nc(CNCc2cc(C#N)ccc2F)no1. The van der Waals surface area contributed by atoms with Crippen LogP contribution < -0.4 is 5.32 Å². The molecule has 0 spiro atoms. The normalized spacial score (nSPS) is 10.3. The first-order chi connectivity index (χ1) is 8.69. The summed E-state index contributed by atoms with van der Waals surface area (Å²) in [5.41, 5.74) is 0.873. The third-order valence-corrected chi connectivity index (χ3v) is 2.34. The Morgan fingerprint density at radius 2 is 2.28 bits per heavy atom. The van der Waals surface area contributed by atoms with Crippen molar-refractivity contribution < 1.29 is 8.91 Å². The van der Waals surface area contributed by atoms with Crippen LogP contribution in [0.2, 0.25) is 0 Å². The van der Waals surface area contributed by atoms with Gasteiger partial charge in [-0.2, -0.15) is 10.2 Å². The molecule has 2 aromatic rings. The van der Waals surface area contributed by atoms with Crippen molar-refractivity contribution >= 4 is 0 Å². The number of rotatable bonds is 4. The predicted octanol–water partition coefficient (Wildman–Crippen LogP) is 1.68. The molecule has 0 unspecified atom stereocenters. The molecule has 92 valence electrons. The molecule has 2 rings (SSSR count). The zero-order valence-electron chi connectivity index (χ0n) is 9.77. The second-order valence-electron chi connectivity index (χ2n) is 3.75. The fourth-order valence-electron chi connectivity index (χ4n) is 1.50. The quantitative estimate of drug-likeness (QED) is 0.888. The first-order valence-electron chi connectivity index (χ1n) is 5.37. The van der Waals surface area contributed by atoms with Gasteiger partial charge in [-0.1, -0.05) is 5.16 Å². The molecule has 1 heterocycles. The molecular weight excluding hydrogens is 235 g/mol. The summed E-state index contributed by atoms with van der Waals surface area (Å²) in [5, 5.41) is 15.4. The van der Waals surface area contributed by atoms with E-state index in [-0.39, 0.29) is 5.82 Å². The lowest BCUT2D eigenvalue weighted by Crippen LogP contribution is -2.14. The van der Waals surface area contributed by atoms with Gasteiger partial charge in [0.15, 0.2) is 5.82 Å². The second kappa shape index (κ2) is 5.38. The smallest absolute Gasteiger partial charge is 0.223 e. The average molecular weight is 246 g/mol. The first kappa shape index (κ1) is 12.2. The Labute approximate surface area is 103 Å². The summed E-state index contributed by atoms with van der Waals surface area (Å²) >= 11 is 0. The number of nitrogens with one attached hydrogen (secondary N) is 1. The van der Waals surface area contributed by atoms with Gasteiger partial charge in [-0.05, 0) is 18.2 Å². The van der Waals surface area contributed by atoms with Crippen molar-refractivity contribution in [2.24, 2.45) is 0 Å². The van der Waals surface area contributed by atoms with Crippen LogP contribution in [0.3, 0.4) is 0 Å². The van der Waals surface area contributed by atoms with Crippen molar-refractivity contribution in [1.29, 1.82) is 5.26 Å². The van der Waals surface area contributed by atoms with Gasteiger partial charge in [0.2, 0.25) is 5.89 Å². The van der Waals surface area contributed by atoms with Crippen LogP contribution in [0.1, 0.15) is 22.8 Å². The lowest BCUT2D eigenvalue weighted by Gasteiger charge is -2.04. The summed E-state index contributed by atoms with van der Waals surface area (Å²) in [6.45, 7) is 2.38. The molecule has 5 nitrogen and oxygen atoms in total. The molecule has 0 aliphatic rings. The Morgan fingerprint density at radius 1 is 1.44 bits per heavy atom. The molecule has 0 aliphatic carbocycles. The van der Waals surface area contributed by atoms with E-state index in [0.29, 0.717) is 35.9 Å². The van der Waals surface area contributed by atoms with Gasteiger partial charge in [-0.25, -0.2) is 4.39 Å². The minimum atomic E-state index is -0.342. The van der Waals surface area contributed by atoms with E-state index in [2.05, 4.69) is 15.5 Å². The number of aromatic nitrogens is 2. The molecule has 1 aromatic carbocycles. The molecule has 0 fully saturated rings. The Balaban J connectivity index is 1.96. The highest BCUT2D eigenvalue weighted by molar-refractivity contribution is 5.33. The number of nitriles is 1. The summed E-state index contributed by atoms with van der Waals surface area (Å²) in [7, 11) is 0. The molecule has 1 N–H and O–H groups in total. The number of benzene rings is 1. The molecule has 0 saturated heterocycles. The van der Waals surface area contributed by atoms with Gasteiger partial charge < -0.3 is 9.84 Å². The van der Waals surface area contributed by atoms with Crippen LogP contribution in [0.5, 0.6) is 0 Å². The van der Waals surface area contributed by atoms with Crippen molar-refractivity contribution in [1.82, 2.24) is 15.5 Å². The van der Waals surface area contributed by atoms with E-state index in [4.69, 9.17) is 9.78 Å². The van der Waals surface area contributed by atoms with Gasteiger partial charge >= 0.3 is 0 Å². The van der Waals surface area contributed by atoms with E-state index >= 15 is 0 Å². The standard InChI is InChI=1S/C12H11FN4O/c1-8-16-12(17-18-8)7-15-6-10-4-9(5-14)2-3-11(10)13/h2-4,15H,6-7H2,1H3. The molecule has 0 bridgehead atoms. The maximum atomic E-state index is 13.4. The monoisotopic (exact) mass is 246 g/mol. The number of hydrogen-bond donors (Lipinski definition) is 1. The van der Waals surface area contributed by atoms with Crippen molar-refractivity contribution in [2.45, 2.75) is 20.0 Å². The molecular formula is C12H11FN4O. The van der Waals surface area contributed by atoms with E-state index in [1.165, 1.54) is 18.2 Å². The van der Waals surface area contributed by atoms with Crippen LogP contribution >= 0.6 is 0 Å². The number of hydrogen-bond acceptors (Lipinski definition) is 5. The van der Waals surface area contributed by atoms with Gasteiger partial charge in [0.05, 0.1) is 18.2 Å². The van der Waals surface area contributed by atoms with Crippen LogP contribution in [0.15, 0.2) is 22.7 Å². The fourth-order valence-corrected chi connectivity index (χ4v) is 1.50. The van der Waals surface area contributed by atoms with Gasteiger partial charge in [-0.3, -0.25) is 0 Å². The van der Waals surface area contributed by atoms with E-state index < -0.39 is 0 Å². The van der Waals surface area contributed by atoms with Gasteiger partial charge in [-0.15, -0.1) is 0 Å². The minimum Gasteiger partial charge on any atom is -0.340 e.